The molecular formula is C5H6NO3P. The van der Waals surface area contributed by atoms with Crippen molar-refractivity contribution >= 4 is 7.60 Å². The van der Waals surface area contributed by atoms with Crippen LogP contribution in [0.3, 0.4) is 0 Å². The van der Waals surface area contributed by atoms with Gasteiger partial charge in [-0.3, -0.25) is 0 Å². The summed E-state index contributed by atoms with van der Waals surface area (Å²) in [6.07, 6.45) is 0. The lowest BCUT2D eigenvalue weighted by molar-refractivity contribution is 0.346. The Morgan fingerprint density at radius 2 is 2.40 bits per heavy atom. The standard InChI is InChI=1S/C5H6NO3P/c1-3-10(7,8)9-5(2)4-6/h3H,1-2H2,(H,7,8). The lowest BCUT2D eigenvalue weighted by Crippen LogP contribution is -1.82. The predicted octanol–water partition coefficient (Wildman–Crippen LogP) is 1.37. The summed E-state index contributed by atoms with van der Waals surface area (Å²) in [4.78, 5) is 8.63. The average molecular weight is 159 g/mol. The van der Waals surface area contributed by atoms with Gasteiger partial charge in [0.1, 0.15) is 6.07 Å². The molecule has 0 aliphatic carbocycles. The maximum atomic E-state index is 10.6. The predicted molar refractivity (Wildman–Crippen MR) is 35.9 cm³/mol. The van der Waals surface area contributed by atoms with Crippen LogP contribution in [0.2, 0.25) is 0 Å². The Morgan fingerprint density at radius 3 is 2.70 bits per heavy atom. The smallest absolute Gasteiger partial charge is 0.401 e. The van der Waals surface area contributed by atoms with Crippen LogP contribution >= 0.6 is 7.60 Å². The summed E-state index contributed by atoms with van der Waals surface area (Å²) in [6.45, 7) is 6.07. The summed E-state index contributed by atoms with van der Waals surface area (Å²) in [5, 5.41) is 8.05. The molecule has 0 spiro atoms. The van der Waals surface area contributed by atoms with Crippen molar-refractivity contribution in [1.29, 1.82) is 5.26 Å². The fraction of sp³-hybridized carbons (Fsp3) is 0. The Kier molecular flexibility index (Phi) is 2.88. The van der Waals surface area contributed by atoms with Gasteiger partial charge in [0.15, 0.2) is 5.76 Å². The van der Waals surface area contributed by atoms with Crippen molar-refractivity contribution in [3.05, 3.63) is 24.7 Å². The summed E-state index contributed by atoms with van der Waals surface area (Å²) in [7, 11) is -3.80. The lowest BCUT2D eigenvalue weighted by atomic mass is 10.7. The van der Waals surface area contributed by atoms with Gasteiger partial charge in [0.2, 0.25) is 0 Å². The molecule has 5 heteroatoms. The Hall–Kier alpha value is -1.04. The third-order valence-electron chi connectivity index (χ3n) is 0.596. The normalized spacial score (nSPS) is 14.4. The second-order valence-corrected chi connectivity index (χ2v) is 3.05. The summed E-state index contributed by atoms with van der Waals surface area (Å²) in [5.41, 5.74) is 0. The highest BCUT2D eigenvalue weighted by atomic mass is 31.2. The number of allylic oxidation sites excluding steroid dienone is 1. The summed E-state index contributed by atoms with van der Waals surface area (Å²) in [6, 6.07) is 1.46. The molecule has 0 bridgehead atoms. The highest BCUT2D eigenvalue weighted by Crippen LogP contribution is 2.44. The van der Waals surface area contributed by atoms with Gasteiger partial charge in [0, 0.05) is 5.82 Å². The molecule has 0 fully saturated rings. The molecule has 0 saturated carbocycles. The average Bonchev–Trinajstić information content (AvgIpc) is 1.87. The van der Waals surface area contributed by atoms with E-state index in [1.54, 1.807) is 0 Å². The molecule has 4 nitrogen and oxygen atoms in total. The quantitative estimate of drug-likeness (QED) is 0.383. The van der Waals surface area contributed by atoms with E-state index >= 15 is 0 Å². The van der Waals surface area contributed by atoms with Crippen molar-refractivity contribution in [2.24, 2.45) is 0 Å². The van der Waals surface area contributed by atoms with Gasteiger partial charge in [0.25, 0.3) is 0 Å². The highest BCUT2D eigenvalue weighted by Gasteiger charge is 2.14. The van der Waals surface area contributed by atoms with Gasteiger partial charge in [-0.25, -0.2) is 4.57 Å². The van der Waals surface area contributed by atoms with Crippen LogP contribution in [0.1, 0.15) is 0 Å². The number of nitriles is 1. The Balaban J connectivity index is 4.19. The van der Waals surface area contributed by atoms with Gasteiger partial charge < -0.3 is 9.42 Å². The molecule has 0 radical (unpaired) electrons. The van der Waals surface area contributed by atoms with Gasteiger partial charge in [-0.2, -0.15) is 5.26 Å². The fourth-order valence-corrected chi connectivity index (χ4v) is 0.647. The minimum Gasteiger partial charge on any atom is -0.411 e. The van der Waals surface area contributed by atoms with E-state index in [0.29, 0.717) is 0 Å². The molecule has 10 heavy (non-hydrogen) atoms. The minimum atomic E-state index is -3.80. The van der Waals surface area contributed by atoms with Crippen LogP contribution in [0.15, 0.2) is 24.7 Å². The molecule has 0 aromatic heterocycles. The number of nitrogens with zero attached hydrogens (tertiary/aromatic N) is 1. The molecule has 1 unspecified atom stereocenters. The van der Waals surface area contributed by atoms with E-state index in [9.17, 15) is 4.57 Å². The lowest BCUT2D eigenvalue weighted by Gasteiger charge is -2.04. The summed E-state index contributed by atoms with van der Waals surface area (Å²) < 4.78 is 14.7. The second kappa shape index (κ2) is 3.21. The van der Waals surface area contributed by atoms with E-state index in [-0.39, 0.29) is 0 Å². The molecule has 1 atom stereocenters. The molecule has 0 heterocycles. The van der Waals surface area contributed by atoms with Crippen LogP contribution in [0, 0.1) is 11.3 Å². The zero-order valence-corrected chi connectivity index (χ0v) is 6.04. The highest BCUT2D eigenvalue weighted by molar-refractivity contribution is 7.56. The van der Waals surface area contributed by atoms with Crippen LogP contribution in [-0.4, -0.2) is 4.89 Å². The van der Waals surface area contributed by atoms with Gasteiger partial charge in [-0.05, 0) is 6.58 Å². The summed E-state index contributed by atoms with van der Waals surface area (Å²) in [5.74, 6) is 0.334. The third-order valence-corrected chi connectivity index (χ3v) is 1.54. The maximum Gasteiger partial charge on any atom is 0.401 e. The Bertz CT molecular complexity index is 240. The van der Waals surface area contributed by atoms with E-state index in [4.69, 9.17) is 10.2 Å². The molecule has 0 aliphatic heterocycles. The molecule has 0 rings (SSSR count). The monoisotopic (exact) mass is 159 g/mol. The maximum absolute atomic E-state index is 10.6. The summed E-state index contributed by atoms with van der Waals surface area (Å²) >= 11 is 0. The molecular weight excluding hydrogens is 153 g/mol. The van der Waals surface area contributed by atoms with E-state index in [2.05, 4.69) is 17.7 Å². The minimum absolute atomic E-state index is 0.397. The third kappa shape index (κ3) is 3.08. The van der Waals surface area contributed by atoms with Crippen molar-refractivity contribution in [3.8, 4) is 6.07 Å². The van der Waals surface area contributed by atoms with Crippen molar-refractivity contribution in [3.63, 3.8) is 0 Å². The molecule has 0 aromatic rings. The molecule has 0 aromatic carbocycles. The molecule has 1 N–H and O–H groups in total. The molecule has 54 valence electrons. The SMILES string of the molecule is C=CP(=O)(O)OC(=C)C#N. The largest absolute Gasteiger partial charge is 0.411 e. The van der Waals surface area contributed by atoms with E-state index in [1.165, 1.54) is 6.07 Å². The molecule has 0 aliphatic rings. The fourth-order valence-electron chi connectivity index (χ4n) is 0.216. The van der Waals surface area contributed by atoms with E-state index in [1.807, 2.05) is 0 Å². The zero-order chi connectivity index (χ0) is 8.20. The van der Waals surface area contributed by atoms with Crippen LogP contribution in [0.25, 0.3) is 0 Å². The first-order valence-corrected chi connectivity index (χ1v) is 3.91. The first-order valence-electron chi connectivity index (χ1n) is 2.26. The van der Waals surface area contributed by atoms with Crippen LogP contribution in [0.4, 0.5) is 0 Å². The van der Waals surface area contributed by atoms with Gasteiger partial charge in [0.05, 0.1) is 0 Å². The van der Waals surface area contributed by atoms with Gasteiger partial charge >= 0.3 is 7.60 Å². The van der Waals surface area contributed by atoms with E-state index in [0.717, 1.165) is 5.82 Å². The first-order chi connectivity index (χ1) is 4.52. The number of rotatable bonds is 3. The van der Waals surface area contributed by atoms with Crippen molar-refractivity contribution in [2.45, 2.75) is 0 Å². The van der Waals surface area contributed by atoms with Gasteiger partial charge in [-0.1, -0.05) is 6.58 Å². The molecule has 0 saturated heterocycles. The van der Waals surface area contributed by atoms with Crippen molar-refractivity contribution in [2.75, 3.05) is 0 Å². The van der Waals surface area contributed by atoms with Crippen molar-refractivity contribution < 1.29 is 14.0 Å². The van der Waals surface area contributed by atoms with Crippen LogP contribution in [0.5, 0.6) is 0 Å². The van der Waals surface area contributed by atoms with Crippen LogP contribution in [-0.2, 0) is 9.09 Å². The first kappa shape index (κ1) is 8.96. The number of hydrogen-bond donors (Lipinski definition) is 1. The van der Waals surface area contributed by atoms with E-state index < -0.39 is 13.4 Å². The van der Waals surface area contributed by atoms with Crippen LogP contribution < -0.4 is 0 Å². The molecule has 0 amide bonds. The number of hydrogen-bond acceptors (Lipinski definition) is 3. The Labute approximate surface area is 58.6 Å². The zero-order valence-electron chi connectivity index (χ0n) is 5.15. The second-order valence-electron chi connectivity index (χ2n) is 1.37. The topological polar surface area (TPSA) is 70.3 Å². The van der Waals surface area contributed by atoms with Gasteiger partial charge in [-0.15, -0.1) is 0 Å². The Morgan fingerprint density at radius 1 is 1.90 bits per heavy atom. The van der Waals surface area contributed by atoms with Crippen molar-refractivity contribution in [1.82, 2.24) is 0 Å².